The predicted octanol–water partition coefficient (Wildman–Crippen LogP) is 2.61. The Morgan fingerprint density at radius 2 is 2.00 bits per heavy atom. The minimum atomic E-state index is -0.531. The van der Waals surface area contributed by atoms with Crippen LogP contribution in [0.3, 0.4) is 0 Å². The fourth-order valence-electron chi connectivity index (χ4n) is 2.40. The van der Waals surface area contributed by atoms with E-state index in [1.54, 1.807) is 30.3 Å². The van der Waals surface area contributed by atoms with Crippen molar-refractivity contribution in [3.05, 3.63) is 69.7 Å². The molecule has 0 aliphatic heterocycles. The zero-order chi connectivity index (χ0) is 16.2. The van der Waals surface area contributed by atoms with Crippen molar-refractivity contribution >= 4 is 28.6 Å². The molecule has 3 rings (SSSR count). The van der Waals surface area contributed by atoms with E-state index in [4.69, 9.17) is 16.0 Å². The molecule has 0 aliphatic rings. The first kappa shape index (κ1) is 15.4. The fourth-order valence-corrected chi connectivity index (χ4v) is 2.61. The number of aromatic nitrogens is 1. The molecular formula is C17H15ClN2O3. The van der Waals surface area contributed by atoms with Gasteiger partial charge < -0.3 is 9.73 Å². The Kier molecular flexibility index (Phi) is 4.48. The van der Waals surface area contributed by atoms with E-state index in [0.717, 1.165) is 5.56 Å². The number of rotatable bonds is 5. The second-order valence-corrected chi connectivity index (χ2v) is 5.59. The third kappa shape index (κ3) is 3.63. The van der Waals surface area contributed by atoms with Crippen molar-refractivity contribution in [3.8, 4) is 0 Å². The van der Waals surface area contributed by atoms with Crippen LogP contribution in [0, 0.1) is 0 Å². The number of oxazole rings is 1. The third-order valence-corrected chi connectivity index (χ3v) is 3.74. The number of halogens is 1. The Hall–Kier alpha value is -2.53. The lowest BCUT2D eigenvalue weighted by Gasteiger charge is -2.06. The molecule has 0 radical (unpaired) electrons. The lowest BCUT2D eigenvalue weighted by molar-refractivity contribution is -0.121. The Balaban J connectivity index is 1.61. The molecule has 1 aromatic heterocycles. The topological polar surface area (TPSA) is 64.2 Å². The van der Waals surface area contributed by atoms with E-state index in [9.17, 15) is 9.59 Å². The lowest BCUT2D eigenvalue weighted by Crippen LogP contribution is -2.32. The van der Waals surface area contributed by atoms with Gasteiger partial charge in [0.1, 0.15) is 6.54 Å². The maximum atomic E-state index is 12.0. The quantitative estimate of drug-likeness (QED) is 0.782. The molecule has 0 saturated heterocycles. The molecule has 118 valence electrons. The van der Waals surface area contributed by atoms with E-state index in [1.165, 1.54) is 4.57 Å². The summed E-state index contributed by atoms with van der Waals surface area (Å²) in [4.78, 5) is 23.8. The molecule has 0 spiro atoms. The summed E-state index contributed by atoms with van der Waals surface area (Å²) in [5, 5.41) is 3.47. The van der Waals surface area contributed by atoms with Crippen molar-refractivity contribution in [2.75, 3.05) is 6.54 Å². The first-order chi connectivity index (χ1) is 11.1. The number of carbonyl (C=O) groups is 1. The summed E-state index contributed by atoms with van der Waals surface area (Å²) >= 11 is 5.92. The minimum Gasteiger partial charge on any atom is -0.408 e. The monoisotopic (exact) mass is 330 g/mol. The summed E-state index contributed by atoms with van der Waals surface area (Å²) in [6, 6.07) is 14.5. The summed E-state index contributed by atoms with van der Waals surface area (Å²) in [6.45, 7) is 0.412. The number of nitrogens with zero attached hydrogens (tertiary/aromatic N) is 1. The number of nitrogens with one attached hydrogen (secondary N) is 1. The Bertz CT molecular complexity index is 898. The zero-order valence-corrected chi connectivity index (χ0v) is 13.0. The molecule has 1 N–H and O–H groups in total. The highest BCUT2D eigenvalue weighted by Gasteiger charge is 2.11. The fraction of sp³-hybridized carbons (Fsp3) is 0.176. The van der Waals surface area contributed by atoms with Gasteiger partial charge in [-0.2, -0.15) is 0 Å². The highest BCUT2D eigenvalue weighted by Crippen LogP contribution is 2.12. The SMILES string of the molecule is O=C(Cn1c(=O)oc2ccccc21)NCCc1cccc(Cl)c1. The summed E-state index contributed by atoms with van der Waals surface area (Å²) in [7, 11) is 0. The van der Waals surface area contributed by atoms with E-state index < -0.39 is 5.76 Å². The van der Waals surface area contributed by atoms with E-state index >= 15 is 0 Å². The number of amides is 1. The van der Waals surface area contributed by atoms with Crippen LogP contribution in [0.5, 0.6) is 0 Å². The molecule has 2 aromatic carbocycles. The number of fused-ring (bicyclic) bond motifs is 1. The third-order valence-electron chi connectivity index (χ3n) is 3.50. The Morgan fingerprint density at radius 3 is 2.83 bits per heavy atom. The summed E-state index contributed by atoms with van der Waals surface area (Å²) in [5.74, 6) is -0.767. The predicted molar refractivity (Wildman–Crippen MR) is 88.6 cm³/mol. The van der Waals surface area contributed by atoms with Gasteiger partial charge >= 0.3 is 5.76 Å². The van der Waals surface area contributed by atoms with Gasteiger partial charge in [0.25, 0.3) is 0 Å². The van der Waals surface area contributed by atoms with Crippen LogP contribution in [-0.2, 0) is 17.8 Å². The highest BCUT2D eigenvalue weighted by molar-refractivity contribution is 6.30. The van der Waals surface area contributed by atoms with E-state index in [0.29, 0.717) is 29.1 Å². The van der Waals surface area contributed by atoms with Crippen LogP contribution < -0.4 is 11.1 Å². The Morgan fingerprint density at radius 1 is 1.17 bits per heavy atom. The highest BCUT2D eigenvalue weighted by atomic mass is 35.5. The molecule has 3 aromatic rings. The molecule has 0 atom stereocenters. The van der Waals surface area contributed by atoms with Crippen molar-refractivity contribution in [1.29, 1.82) is 0 Å². The van der Waals surface area contributed by atoms with Gasteiger partial charge in [0, 0.05) is 11.6 Å². The van der Waals surface area contributed by atoms with Gasteiger partial charge in [0.05, 0.1) is 5.52 Å². The first-order valence-electron chi connectivity index (χ1n) is 7.23. The van der Waals surface area contributed by atoms with Crippen LogP contribution in [0.4, 0.5) is 0 Å². The number of hydrogen-bond acceptors (Lipinski definition) is 3. The van der Waals surface area contributed by atoms with Gasteiger partial charge in [-0.1, -0.05) is 35.9 Å². The van der Waals surface area contributed by atoms with Gasteiger partial charge in [0.2, 0.25) is 5.91 Å². The number of para-hydroxylation sites is 2. The van der Waals surface area contributed by atoms with Gasteiger partial charge in [0.15, 0.2) is 5.58 Å². The normalized spacial score (nSPS) is 10.8. The van der Waals surface area contributed by atoms with Crippen molar-refractivity contribution in [3.63, 3.8) is 0 Å². The Labute approximate surface area is 137 Å². The summed E-state index contributed by atoms with van der Waals surface area (Å²) in [5.41, 5.74) is 2.13. The van der Waals surface area contributed by atoms with Gasteiger partial charge in [-0.05, 0) is 36.2 Å². The molecular weight excluding hydrogens is 316 g/mol. The van der Waals surface area contributed by atoms with Crippen molar-refractivity contribution < 1.29 is 9.21 Å². The van der Waals surface area contributed by atoms with Gasteiger partial charge in [-0.3, -0.25) is 9.36 Å². The largest absolute Gasteiger partial charge is 0.420 e. The molecule has 6 heteroatoms. The molecule has 1 amide bonds. The van der Waals surface area contributed by atoms with Crippen LogP contribution in [-0.4, -0.2) is 17.0 Å². The zero-order valence-electron chi connectivity index (χ0n) is 12.3. The second kappa shape index (κ2) is 6.71. The average Bonchev–Trinajstić information content (AvgIpc) is 2.83. The molecule has 0 fully saturated rings. The van der Waals surface area contributed by atoms with E-state index in [2.05, 4.69) is 5.32 Å². The summed E-state index contributed by atoms with van der Waals surface area (Å²) in [6.07, 6.45) is 0.674. The smallest absolute Gasteiger partial charge is 0.408 e. The van der Waals surface area contributed by atoms with Crippen LogP contribution in [0.25, 0.3) is 11.1 Å². The van der Waals surface area contributed by atoms with Crippen molar-refractivity contribution in [1.82, 2.24) is 9.88 Å². The number of benzene rings is 2. The van der Waals surface area contributed by atoms with Gasteiger partial charge in [-0.25, -0.2) is 4.79 Å². The van der Waals surface area contributed by atoms with Crippen LogP contribution in [0.15, 0.2) is 57.7 Å². The van der Waals surface area contributed by atoms with Crippen molar-refractivity contribution in [2.45, 2.75) is 13.0 Å². The molecule has 23 heavy (non-hydrogen) atoms. The van der Waals surface area contributed by atoms with Crippen molar-refractivity contribution in [2.24, 2.45) is 0 Å². The maximum absolute atomic E-state index is 12.0. The van der Waals surface area contributed by atoms with Gasteiger partial charge in [-0.15, -0.1) is 0 Å². The molecule has 0 unspecified atom stereocenters. The second-order valence-electron chi connectivity index (χ2n) is 5.15. The van der Waals surface area contributed by atoms with E-state index in [-0.39, 0.29) is 12.5 Å². The number of hydrogen-bond donors (Lipinski definition) is 1. The van der Waals surface area contributed by atoms with Crippen LogP contribution >= 0.6 is 11.6 Å². The molecule has 0 saturated carbocycles. The van der Waals surface area contributed by atoms with E-state index in [1.807, 2.05) is 18.2 Å². The molecule has 5 nitrogen and oxygen atoms in total. The summed E-state index contributed by atoms with van der Waals surface area (Å²) < 4.78 is 6.42. The molecule has 0 bridgehead atoms. The van der Waals surface area contributed by atoms with Crippen LogP contribution in [0.2, 0.25) is 5.02 Å². The molecule has 0 aliphatic carbocycles. The maximum Gasteiger partial charge on any atom is 0.420 e. The lowest BCUT2D eigenvalue weighted by atomic mass is 10.1. The van der Waals surface area contributed by atoms with Crippen LogP contribution in [0.1, 0.15) is 5.56 Å². The minimum absolute atomic E-state index is 0.0641. The standard InChI is InChI=1S/C17H15ClN2O3/c18-13-5-3-4-12(10-13)8-9-19-16(21)11-20-14-6-1-2-7-15(14)23-17(20)22/h1-7,10H,8-9,11H2,(H,19,21). The number of carbonyl (C=O) groups excluding carboxylic acids is 1. The first-order valence-corrected chi connectivity index (χ1v) is 7.61. The molecule has 1 heterocycles. The average molecular weight is 331 g/mol.